The van der Waals surface area contributed by atoms with Crippen LogP contribution in [0.15, 0.2) is 18.2 Å². The number of benzene rings is 1. The molecule has 6 nitrogen and oxygen atoms in total. The van der Waals surface area contributed by atoms with Crippen LogP contribution in [0.2, 0.25) is 0 Å². The Balaban J connectivity index is 2.32. The van der Waals surface area contributed by atoms with E-state index in [9.17, 15) is 8.42 Å². The molecule has 1 aliphatic heterocycles. The van der Waals surface area contributed by atoms with E-state index in [4.69, 9.17) is 14.2 Å². The van der Waals surface area contributed by atoms with Crippen molar-refractivity contribution < 1.29 is 22.6 Å². The molecule has 0 saturated carbocycles. The van der Waals surface area contributed by atoms with Crippen LogP contribution in [0, 0.1) is 0 Å². The minimum atomic E-state index is -3.38. The van der Waals surface area contributed by atoms with Crippen LogP contribution in [0.4, 0.5) is 0 Å². The van der Waals surface area contributed by atoms with Crippen molar-refractivity contribution in [3.8, 4) is 11.5 Å². The molecule has 1 aromatic carbocycles. The van der Waals surface area contributed by atoms with Gasteiger partial charge in [0, 0.05) is 31.7 Å². The summed E-state index contributed by atoms with van der Waals surface area (Å²) >= 11 is 0. The Kier molecular flexibility index (Phi) is 7.54. The van der Waals surface area contributed by atoms with Gasteiger partial charge in [-0.1, -0.05) is 0 Å². The van der Waals surface area contributed by atoms with Crippen molar-refractivity contribution in [2.24, 2.45) is 0 Å². The zero-order valence-electron chi connectivity index (χ0n) is 17.2. The van der Waals surface area contributed by atoms with Gasteiger partial charge in [0.15, 0.2) is 0 Å². The number of unbranched alkanes of at least 4 members (excludes halogenated alkanes) is 1. The lowest BCUT2D eigenvalue weighted by Gasteiger charge is -2.41. The van der Waals surface area contributed by atoms with Crippen LogP contribution in [-0.4, -0.2) is 50.9 Å². The fourth-order valence-corrected chi connectivity index (χ4v) is 4.59. The predicted octanol–water partition coefficient (Wildman–Crippen LogP) is 3.77. The third-order valence-electron chi connectivity index (χ3n) is 4.62. The van der Waals surface area contributed by atoms with Gasteiger partial charge in [-0.15, -0.1) is 0 Å². The molecule has 0 aromatic heterocycles. The van der Waals surface area contributed by atoms with Crippen molar-refractivity contribution in [3.63, 3.8) is 0 Å². The lowest BCUT2D eigenvalue weighted by Crippen LogP contribution is -2.43. The second kappa shape index (κ2) is 9.26. The second-order valence-electron chi connectivity index (χ2n) is 7.49. The molecule has 0 aliphatic carbocycles. The minimum Gasteiger partial charge on any atom is -0.494 e. The van der Waals surface area contributed by atoms with Crippen molar-refractivity contribution in [3.05, 3.63) is 23.8 Å². The first-order valence-corrected chi connectivity index (χ1v) is 11.5. The fourth-order valence-electron chi connectivity index (χ4n) is 3.48. The molecule has 1 heterocycles. The van der Waals surface area contributed by atoms with Crippen LogP contribution in [0.1, 0.15) is 58.6 Å². The number of ether oxygens (including phenoxy) is 3. The summed E-state index contributed by atoms with van der Waals surface area (Å²) in [6.07, 6.45) is 3.46. The molecule has 2 rings (SSSR count). The summed E-state index contributed by atoms with van der Waals surface area (Å²) in [4.78, 5) is 0. The molecule has 0 amide bonds. The van der Waals surface area contributed by atoms with Gasteiger partial charge >= 0.3 is 0 Å². The van der Waals surface area contributed by atoms with Gasteiger partial charge in [0.05, 0.1) is 18.9 Å². The van der Waals surface area contributed by atoms with Gasteiger partial charge in [0.25, 0.3) is 0 Å². The van der Waals surface area contributed by atoms with Crippen molar-refractivity contribution >= 4 is 10.0 Å². The third-order valence-corrected chi connectivity index (χ3v) is 5.91. The highest BCUT2D eigenvalue weighted by Crippen LogP contribution is 2.44. The minimum absolute atomic E-state index is 0.272. The van der Waals surface area contributed by atoms with Gasteiger partial charge in [0.1, 0.15) is 17.1 Å². The smallest absolute Gasteiger partial charge is 0.211 e. The van der Waals surface area contributed by atoms with E-state index in [0.717, 1.165) is 29.9 Å². The second-order valence-corrected chi connectivity index (χ2v) is 9.43. The Morgan fingerprint density at radius 1 is 1.22 bits per heavy atom. The van der Waals surface area contributed by atoms with Crippen molar-refractivity contribution in [2.75, 3.05) is 32.6 Å². The highest BCUT2D eigenvalue weighted by atomic mass is 32.2. The molecular formula is C20H33NO5S. The Hall–Kier alpha value is -1.31. The number of nitrogens with zero attached hydrogens (tertiary/aromatic N) is 1. The van der Waals surface area contributed by atoms with Crippen LogP contribution in [-0.2, 0) is 14.8 Å². The molecule has 1 aromatic rings. The number of hydrogen-bond acceptors (Lipinski definition) is 5. The van der Waals surface area contributed by atoms with Crippen LogP contribution >= 0.6 is 0 Å². The molecule has 1 aliphatic rings. The SMILES string of the molecule is CCOCCCCN(C1CC(C)(C)Oc2ccc(OCC)cc21)S(C)(=O)=O. The summed E-state index contributed by atoms with van der Waals surface area (Å²) in [7, 11) is -3.38. The molecule has 1 unspecified atom stereocenters. The molecule has 1 atom stereocenters. The maximum atomic E-state index is 12.6. The van der Waals surface area contributed by atoms with Crippen molar-refractivity contribution in [1.82, 2.24) is 4.31 Å². The first kappa shape index (κ1) is 22.0. The van der Waals surface area contributed by atoms with E-state index in [2.05, 4.69) is 0 Å². The fraction of sp³-hybridized carbons (Fsp3) is 0.700. The first-order valence-electron chi connectivity index (χ1n) is 9.68. The van der Waals surface area contributed by atoms with Crippen LogP contribution in [0.3, 0.4) is 0 Å². The van der Waals surface area contributed by atoms with E-state index >= 15 is 0 Å². The van der Waals surface area contributed by atoms with E-state index < -0.39 is 15.6 Å². The normalized spacial score (nSPS) is 18.8. The van der Waals surface area contributed by atoms with Crippen LogP contribution < -0.4 is 9.47 Å². The van der Waals surface area contributed by atoms with Gasteiger partial charge in [0.2, 0.25) is 10.0 Å². The highest BCUT2D eigenvalue weighted by Gasteiger charge is 2.39. The zero-order valence-corrected chi connectivity index (χ0v) is 18.0. The Labute approximate surface area is 163 Å². The van der Waals surface area contributed by atoms with Crippen LogP contribution in [0.5, 0.6) is 11.5 Å². The van der Waals surface area contributed by atoms with Gasteiger partial charge in [-0.05, 0) is 58.7 Å². The van der Waals surface area contributed by atoms with Crippen molar-refractivity contribution in [2.45, 2.75) is 58.6 Å². The summed E-state index contributed by atoms with van der Waals surface area (Å²) in [5, 5.41) is 0. The zero-order chi connectivity index (χ0) is 20.1. The molecule has 154 valence electrons. The van der Waals surface area contributed by atoms with E-state index in [1.807, 2.05) is 45.9 Å². The Morgan fingerprint density at radius 3 is 2.59 bits per heavy atom. The summed E-state index contributed by atoms with van der Waals surface area (Å²) in [6.45, 7) is 10.2. The van der Waals surface area contributed by atoms with Gasteiger partial charge in [-0.2, -0.15) is 4.31 Å². The van der Waals surface area contributed by atoms with E-state index in [-0.39, 0.29) is 6.04 Å². The lowest BCUT2D eigenvalue weighted by molar-refractivity contribution is 0.0493. The molecule has 0 radical (unpaired) electrons. The number of hydrogen-bond donors (Lipinski definition) is 0. The summed E-state index contributed by atoms with van der Waals surface area (Å²) in [5.74, 6) is 1.46. The molecule has 0 bridgehead atoms. The average molecular weight is 400 g/mol. The van der Waals surface area contributed by atoms with E-state index in [0.29, 0.717) is 32.8 Å². The summed E-state index contributed by atoms with van der Waals surface area (Å²) in [5.41, 5.74) is 0.425. The number of fused-ring (bicyclic) bond motifs is 1. The number of sulfonamides is 1. The first-order chi connectivity index (χ1) is 12.7. The molecule has 0 N–H and O–H groups in total. The largest absolute Gasteiger partial charge is 0.494 e. The highest BCUT2D eigenvalue weighted by molar-refractivity contribution is 7.88. The summed E-state index contributed by atoms with van der Waals surface area (Å²) in [6, 6.07) is 5.39. The Bertz CT molecular complexity index is 717. The van der Waals surface area contributed by atoms with E-state index in [1.165, 1.54) is 6.26 Å². The average Bonchev–Trinajstić information content (AvgIpc) is 2.56. The van der Waals surface area contributed by atoms with Gasteiger partial charge < -0.3 is 14.2 Å². The topological polar surface area (TPSA) is 65.1 Å². The predicted molar refractivity (Wildman–Crippen MR) is 107 cm³/mol. The van der Waals surface area contributed by atoms with E-state index in [1.54, 1.807) is 4.31 Å². The van der Waals surface area contributed by atoms with Crippen LogP contribution in [0.25, 0.3) is 0 Å². The molecule has 0 spiro atoms. The monoisotopic (exact) mass is 399 g/mol. The molecule has 27 heavy (non-hydrogen) atoms. The molecule has 7 heteroatoms. The maximum absolute atomic E-state index is 12.6. The number of rotatable bonds is 10. The summed E-state index contributed by atoms with van der Waals surface area (Å²) < 4.78 is 43.9. The quantitative estimate of drug-likeness (QED) is 0.561. The Morgan fingerprint density at radius 2 is 1.96 bits per heavy atom. The molecule has 0 fully saturated rings. The lowest BCUT2D eigenvalue weighted by atomic mass is 9.89. The van der Waals surface area contributed by atoms with Gasteiger partial charge in [-0.3, -0.25) is 0 Å². The van der Waals surface area contributed by atoms with Crippen molar-refractivity contribution in [1.29, 1.82) is 0 Å². The molecule has 0 saturated heterocycles. The van der Waals surface area contributed by atoms with Gasteiger partial charge in [-0.25, -0.2) is 8.42 Å². The maximum Gasteiger partial charge on any atom is 0.211 e. The standard InChI is InChI=1S/C20H33NO5S/c1-6-24-13-9-8-12-21(27(5,22)23)18-15-20(3,4)26-19-11-10-16(25-7-2)14-17(18)19/h10-11,14,18H,6-9,12-13,15H2,1-5H3. The molecular weight excluding hydrogens is 366 g/mol. The third kappa shape index (κ3) is 6.09.